The fourth-order valence-electron chi connectivity index (χ4n) is 5.15. The van der Waals surface area contributed by atoms with Crippen LogP contribution in [0, 0.1) is 23.7 Å². The molecule has 6 atom stereocenters. The quantitative estimate of drug-likeness (QED) is 0.0789. The number of alkyl carbamates (subject to hydrolysis) is 1. The molecule has 0 spiro atoms. The number of allylic oxidation sites excluding steroid dienone is 5. The minimum atomic E-state index is -1.08. The van der Waals surface area contributed by atoms with Gasteiger partial charge in [-0.1, -0.05) is 84.9 Å². The fourth-order valence-corrected chi connectivity index (χ4v) is 5.62. The van der Waals surface area contributed by atoms with Crippen LogP contribution in [0.1, 0.15) is 102 Å². The molecule has 0 saturated carbocycles. The summed E-state index contributed by atoms with van der Waals surface area (Å²) in [5, 5.41) is 25.5. The molecule has 12 nitrogen and oxygen atoms in total. The van der Waals surface area contributed by atoms with E-state index >= 15 is 0 Å². The van der Waals surface area contributed by atoms with Crippen molar-refractivity contribution in [3.63, 3.8) is 0 Å². The lowest BCUT2D eigenvalue weighted by Crippen LogP contribution is -2.57. The van der Waals surface area contributed by atoms with Crippen LogP contribution in [0.4, 0.5) is 4.79 Å². The highest BCUT2D eigenvalue weighted by Gasteiger charge is 2.33. The van der Waals surface area contributed by atoms with Crippen LogP contribution in [-0.2, 0) is 23.9 Å². The molecule has 0 radical (unpaired) electrons. The molecule has 0 aliphatic rings. The Kier molecular flexibility index (Phi) is 24.0. The Labute approximate surface area is 317 Å². The van der Waals surface area contributed by atoms with E-state index in [1.165, 1.54) is 11.8 Å². The van der Waals surface area contributed by atoms with E-state index in [-0.39, 0.29) is 36.0 Å². The summed E-state index contributed by atoms with van der Waals surface area (Å²) in [6.45, 7) is 20.6. The minimum absolute atomic E-state index is 0.0370. The Morgan fingerprint density at radius 2 is 1.33 bits per heavy atom. The summed E-state index contributed by atoms with van der Waals surface area (Å²) in [5.74, 6) is -1.77. The van der Waals surface area contributed by atoms with Crippen LogP contribution in [0.3, 0.4) is 0 Å². The minimum Gasteiger partial charge on any atom is -0.444 e. The maximum Gasteiger partial charge on any atom is 0.408 e. The number of thioether (sulfide) groups is 1. The average molecular weight is 752 g/mol. The molecule has 0 saturated heterocycles. The van der Waals surface area contributed by atoms with E-state index in [2.05, 4.69) is 26.6 Å². The average Bonchev–Trinajstić information content (AvgIpc) is 3.02. The normalized spacial score (nSPS) is 15.8. The second kappa shape index (κ2) is 25.6. The van der Waals surface area contributed by atoms with Crippen LogP contribution < -0.4 is 26.6 Å². The molecule has 0 aromatic carbocycles. The van der Waals surface area contributed by atoms with Crippen molar-refractivity contribution in [2.75, 3.05) is 18.6 Å². The van der Waals surface area contributed by atoms with Gasteiger partial charge in [-0.05, 0) is 83.1 Å². The number of hydrogen-bond acceptors (Lipinski definition) is 8. The number of ether oxygens (including phenoxy) is 1. The highest BCUT2D eigenvalue weighted by molar-refractivity contribution is 7.98. The van der Waals surface area contributed by atoms with Crippen LogP contribution in [0.2, 0.25) is 0 Å². The number of amides is 5. The Morgan fingerprint density at radius 3 is 1.87 bits per heavy atom. The number of carbonyl (C=O) groups is 5. The van der Waals surface area contributed by atoms with Gasteiger partial charge in [-0.25, -0.2) is 4.79 Å². The zero-order valence-electron chi connectivity index (χ0n) is 33.7. The van der Waals surface area contributed by atoms with Gasteiger partial charge >= 0.3 is 6.09 Å². The molecule has 0 aliphatic carbocycles. The molecule has 0 fully saturated rings. The fraction of sp³-hybridized carbons (Fsp3) is 0.718. The summed E-state index contributed by atoms with van der Waals surface area (Å²) in [5.41, 5.74) is -0.750. The number of rotatable bonds is 23. The second-order valence-electron chi connectivity index (χ2n) is 15.4. The number of carbonyl (C=O) groups excluding carboxylic acids is 5. The predicted octanol–water partition coefficient (Wildman–Crippen LogP) is 5.03. The highest BCUT2D eigenvalue weighted by atomic mass is 32.2. The van der Waals surface area contributed by atoms with Crippen molar-refractivity contribution in [2.45, 2.75) is 138 Å². The van der Waals surface area contributed by atoms with Crippen molar-refractivity contribution in [3.05, 3.63) is 36.5 Å². The van der Waals surface area contributed by atoms with Crippen LogP contribution in [0.15, 0.2) is 36.5 Å². The van der Waals surface area contributed by atoms with Crippen LogP contribution in [0.25, 0.3) is 0 Å². The molecule has 0 aromatic heterocycles. The number of aliphatic hydroxyl groups excluding tert-OH is 1. The van der Waals surface area contributed by atoms with Crippen molar-refractivity contribution in [1.82, 2.24) is 26.6 Å². The van der Waals surface area contributed by atoms with E-state index in [0.717, 1.165) is 0 Å². The molecule has 0 aromatic rings. The third-order valence-corrected chi connectivity index (χ3v) is 8.47. The molecule has 0 aliphatic heterocycles. The zero-order valence-corrected chi connectivity index (χ0v) is 34.5. The molecule has 0 bridgehead atoms. The SMILES string of the molecule is C\C=C/C=C\C=C\CNC(=O)[C@@H](NC(=O)[C@H](C)C[C@H](O)[C@H](CC(C)C)NC(=O)[C@H](CCSC)NC(=O)[C@H](CC(C)C)NC(=O)OC(C)(C)C)C(C)C. The topological polar surface area (TPSA) is 175 Å². The molecule has 298 valence electrons. The van der Waals surface area contributed by atoms with Crippen LogP contribution >= 0.6 is 11.8 Å². The standard InChI is InChI=1S/C39H69N5O7S/c1-13-14-15-16-17-18-20-40-37(49)33(27(6)7)44-34(46)28(8)24-32(45)30(22-25(2)3)42-35(47)29(19-21-52-12)41-36(48)31(23-26(4)5)43-38(50)51-39(9,10)11/h13-18,25-33,45H,19-24H2,1-12H3,(H,40,49)(H,41,48)(H,42,47)(H,43,50)(H,44,46)/b14-13-,16-15-,18-17+/t28-,29+,30+,31+,32+,33+/m1/s1. The van der Waals surface area contributed by atoms with Crippen molar-refractivity contribution >= 4 is 41.5 Å². The Hall–Kier alpha value is -3.32. The van der Waals surface area contributed by atoms with Crippen LogP contribution in [0.5, 0.6) is 0 Å². The van der Waals surface area contributed by atoms with E-state index in [0.29, 0.717) is 31.6 Å². The molecule has 6 N–H and O–H groups in total. The molecule has 0 heterocycles. The van der Waals surface area contributed by atoms with Gasteiger partial charge in [-0.2, -0.15) is 11.8 Å². The van der Waals surface area contributed by atoms with Gasteiger partial charge in [0, 0.05) is 12.5 Å². The van der Waals surface area contributed by atoms with Crippen molar-refractivity contribution < 1.29 is 33.8 Å². The van der Waals surface area contributed by atoms with E-state index in [1.807, 2.05) is 85.1 Å². The van der Waals surface area contributed by atoms with Gasteiger partial charge in [-0.3, -0.25) is 19.2 Å². The predicted molar refractivity (Wildman–Crippen MR) is 212 cm³/mol. The highest BCUT2D eigenvalue weighted by Crippen LogP contribution is 2.18. The van der Waals surface area contributed by atoms with Gasteiger partial charge in [0.05, 0.1) is 12.1 Å². The lowest BCUT2D eigenvalue weighted by Gasteiger charge is -2.30. The second-order valence-corrected chi connectivity index (χ2v) is 16.4. The summed E-state index contributed by atoms with van der Waals surface area (Å²) >= 11 is 1.52. The van der Waals surface area contributed by atoms with Gasteiger partial charge in [0.2, 0.25) is 23.6 Å². The van der Waals surface area contributed by atoms with E-state index in [4.69, 9.17) is 4.74 Å². The first-order valence-corrected chi connectivity index (χ1v) is 19.9. The Bertz CT molecular complexity index is 1200. The summed E-state index contributed by atoms with van der Waals surface area (Å²) in [7, 11) is 0. The van der Waals surface area contributed by atoms with Gasteiger partial charge in [0.1, 0.15) is 23.7 Å². The summed E-state index contributed by atoms with van der Waals surface area (Å²) in [6.07, 6.45) is 12.4. The molecule has 13 heteroatoms. The molecular weight excluding hydrogens is 683 g/mol. The lowest BCUT2D eigenvalue weighted by molar-refractivity contribution is -0.133. The van der Waals surface area contributed by atoms with Crippen LogP contribution in [-0.4, -0.2) is 89.3 Å². The van der Waals surface area contributed by atoms with Crippen molar-refractivity contribution in [2.24, 2.45) is 23.7 Å². The number of nitrogens with one attached hydrogen (secondary N) is 5. The third-order valence-electron chi connectivity index (χ3n) is 7.82. The van der Waals surface area contributed by atoms with Crippen molar-refractivity contribution in [3.8, 4) is 0 Å². The monoisotopic (exact) mass is 751 g/mol. The first kappa shape index (κ1) is 48.7. The third kappa shape index (κ3) is 21.9. The zero-order chi connectivity index (χ0) is 40.0. The molecule has 52 heavy (non-hydrogen) atoms. The van der Waals surface area contributed by atoms with E-state index in [9.17, 15) is 29.1 Å². The smallest absolute Gasteiger partial charge is 0.408 e. The maximum atomic E-state index is 13.7. The van der Waals surface area contributed by atoms with Gasteiger partial charge < -0.3 is 36.4 Å². The number of hydrogen-bond donors (Lipinski definition) is 6. The first-order chi connectivity index (χ1) is 24.2. The Balaban J connectivity index is 5.75. The summed E-state index contributed by atoms with van der Waals surface area (Å²) in [4.78, 5) is 66.0. The largest absolute Gasteiger partial charge is 0.444 e. The van der Waals surface area contributed by atoms with E-state index in [1.54, 1.807) is 33.8 Å². The van der Waals surface area contributed by atoms with Gasteiger partial charge in [-0.15, -0.1) is 0 Å². The number of aliphatic hydroxyl groups is 1. The maximum absolute atomic E-state index is 13.7. The molecule has 0 rings (SSSR count). The van der Waals surface area contributed by atoms with Gasteiger partial charge in [0.15, 0.2) is 0 Å². The van der Waals surface area contributed by atoms with Crippen molar-refractivity contribution in [1.29, 1.82) is 0 Å². The molecule has 5 amide bonds. The van der Waals surface area contributed by atoms with Gasteiger partial charge in [0.25, 0.3) is 0 Å². The summed E-state index contributed by atoms with van der Waals surface area (Å²) in [6, 6.07) is -3.33. The van der Waals surface area contributed by atoms with E-state index < -0.39 is 59.7 Å². The Morgan fingerprint density at radius 1 is 0.731 bits per heavy atom. The molecular formula is C39H69N5O7S. The lowest BCUT2D eigenvalue weighted by atomic mass is 9.91. The first-order valence-electron chi connectivity index (χ1n) is 18.5. The molecule has 0 unspecified atom stereocenters. The summed E-state index contributed by atoms with van der Waals surface area (Å²) < 4.78 is 5.36.